The topological polar surface area (TPSA) is 21.3 Å². The van der Waals surface area contributed by atoms with Crippen LogP contribution in [0.4, 0.5) is 0 Å². The first kappa shape index (κ1) is 13.2. The summed E-state index contributed by atoms with van der Waals surface area (Å²) in [7, 11) is 0. The van der Waals surface area contributed by atoms with Gasteiger partial charge in [-0.2, -0.15) is 0 Å². The van der Waals surface area contributed by atoms with E-state index in [-0.39, 0.29) is 5.54 Å². The van der Waals surface area contributed by atoms with Gasteiger partial charge in [0.15, 0.2) is 0 Å². The van der Waals surface area contributed by atoms with Crippen LogP contribution in [0, 0.1) is 0 Å². The molecule has 16 heavy (non-hydrogen) atoms. The lowest BCUT2D eigenvalue weighted by molar-refractivity contribution is 0.134. The minimum Gasteiger partial charge on any atom is -0.377 e. The fourth-order valence-corrected chi connectivity index (χ4v) is 1.34. The lowest BCUT2D eigenvalue weighted by Crippen LogP contribution is -2.35. The molecule has 0 saturated heterocycles. The predicted molar refractivity (Wildman–Crippen MR) is 68.4 cm³/mol. The molecule has 1 rings (SSSR count). The van der Waals surface area contributed by atoms with E-state index in [1.54, 1.807) is 0 Å². The van der Waals surface area contributed by atoms with Crippen molar-refractivity contribution in [1.82, 2.24) is 5.32 Å². The molecular weight excluding hydrogens is 198 g/mol. The van der Waals surface area contributed by atoms with Crippen LogP contribution < -0.4 is 5.32 Å². The fourth-order valence-electron chi connectivity index (χ4n) is 1.34. The standard InChI is InChI=1S/C14H23NO/c1-5-16-11-13-8-6-12(7-9-13)10-15-14(2,3)4/h6-9,15H,5,10-11H2,1-4H3. The zero-order chi connectivity index (χ0) is 12.0. The van der Waals surface area contributed by atoms with Gasteiger partial charge >= 0.3 is 0 Å². The first-order valence-electron chi connectivity index (χ1n) is 5.92. The van der Waals surface area contributed by atoms with Gasteiger partial charge in [-0.3, -0.25) is 0 Å². The second-order valence-corrected chi connectivity index (χ2v) is 5.06. The van der Waals surface area contributed by atoms with Crippen LogP contribution in [0.1, 0.15) is 38.8 Å². The van der Waals surface area contributed by atoms with E-state index in [1.165, 1.54) is 11.1 Å². The van der Waals surface area contributed by atoms with Crippen LogP contribution >= 0.6 is 0 Å². The molecule has 0 aliphatic carbocycles. The number of benzene rings is 1. The lowest BCUT2D eigenvalue weighted by atomic mass is 10.1. The van der Waals surface area contributed by atoms with Gasteiger partial charge in [-0.1, -0.05) is 24.3 Å². The van der Waals surface area contributed by atoms with Crippen molar-refractivity contribution in [2.24, 2.45) is 0 Å². The summed E-state index contributed by atoms with van der Waals surface area (Å²) in [6, 6.07) is 8.59. The minimum absolute atomic E-state index is 0.171. The molecule has 1 N–H and O–H groups in total. The highest BCUT2D eigenvalue weighted by molar-refractivity contribution is 5.22. The molecule has 0 fully saturated rings. The summed E-state index contributed by atoms with van der Waals surface area (Å²) >= 11 is 0. The SMILES string of the molecule is CCOCc1ccc(CNC(C)(C)C)cc1. The molecule has 0 amide bonds. The summed E-state index contributed by atoms with van der Waals surface area (Å²) in [5.41, 5.74) is 2.72. The van der Waals surface area contributed by atoms with Crippen molar-refractivity contribution < 1.29 is 4.74 Å². The quantitative estimate of drug-likeness (QED) is 0.825. The van der Waals surface area contributed by atoms with Gasteiger partial charge < -0.3 is 10.1 Å². The zero-order valence-electron chi connectivity index (χ0n) is 10.8. The van der Waals surface area contributed by atoms with E-state index in [2.05, 4.69) is 50.4 Å². The van der Waals surface area contributed by atoms with E-state index in [0.29, 0.717) is 6.61 Å². The van der Waals surface area contributed by atoms with Gasteiger partial charge in [0.25, 0.3) is 0 Å². The van der Waals surface area contributed by atoms with Gasteiger partial charge in [-0.15, -0.1) is 0 Å². The van der Waals surface area contributed by atoms with Crippen LogP contribution in [0.15, 0.2) is 24.3 Å². The van der Waals surface area contributed by atoms with Crippen molar-refractivity contribution in [1.29, 1.82) is 0 Å². The van der Waals surface area contributed by atoms with Crippen LogP contribution in [-0.4, -0.2) is 12.1 Å². The minimum atomic E-state index is 0.171. The second kappa shape index (κ2) is 6.02. The van der Waals surface area contributed by atoms with Crippen LogP contribution in [0.3, 0.4) is 0 Å². The molecule has 0 heterocycles. The second-order valence-electron chi connectivity index (χ2n) is 5.06. The number of rotatable bonds is 5. The van der Waals surface area contributed by atoms with Crippen LogP contribution in [0.5, 0.6) is 0 Å². The summed E-state index contributed by atoms with van der Waals surface area (Å²) < 4.78 is 5.36. The van der Waals surface area contributed by atoms with Crippen molar-refractivity contribution in [3.63, 3.8) is 0 Å². The van der Waals surface area contributed by atoms with Gasteiger partial charge in [-0.05, 0) is 38.8 Å². The number of hydrogen-bond acceptors (Lipinski definition) is 2. The van der Waals surface area contributed by atoms with Crippen LogP contribution in [0.25, 0.3) is 0 Å². The Morgan fingerprint density at radius 2 is 1.62 bits per heavy atom. The van der Waals surface area contributed by atoms with Crippen LogP contribution in [0.2, 0.25) is 0 Å². The lowest BCUT2D eigenvalue weighted by Gasteiger charge is -2.20. The Bertz CT molecular complexity index is 298. The van der Waals surface area contributed by atoms with Gasteiger partial charge in [0.2, 0.25) is 0 Å². The molecule has 0 saturated carbocycles. The van der Waals surface area contributed by atoms with Crippen molar-refractivity contribution in [3.05, 3.63) is 35.4 Å². The Hall–Kier alpha value is -0.860. The zero-order valence-corrected chi connectivity index (χ0v) is 10.8. The molecular formula is C14H23NO. The largest absolute Gasteiger partial charge is 0.377 e. The molecule has 0 atom stereocenters. The first-order chi connectivity index (χ1) is 7.51. The normalized spacial score (nSPS) is 11.8. The Labute approximate surface area is 99.0 Å². The molecule has 1 aromatic rings. The third kappa shape index (κ3) is 5.29. The predicted octanol–water partition coefficient (Wildman–Crippen LogP) is 3.11. The van der Waals surface area contributed by atoms with E-state index in [9.17, 15) is 0 Å². The van der Waals surface area contributed by atoms with E-state index < -0.39 is 0 Å². The number of hydrogen-bond donors (Lipinski definition) is 1. The molecule has 0 radical (unpaired) electrons. The average Bonchev–Trinajstić information content (AvgIpc) is 2.24. The maximum absolute atomic E-state index is 5.36. The monoisotopic (exact) mass is 221 g/mol. The third-order valence-corrected chi connectivity index (χ3v) is 2.32. The molecule has 0 unspecified atom stereocenters. The first-order valence-corrected chi connectivity index (χ1v) is 5.92. The Kier molecular flexibility index (Phi) is 4.97. The summed E-state index contributed by atoms with van der Waals surface area (Å²) in [5.74, 6) is 0. The molecule has 0 spiro atoms. The highest BCUT2D eigenvalue weighted by atomic mass is 16.5. The molecule has 90 valence electrons. The van der Waals surface area contributed by atoms with Crippen molar-refractivity contribution in [3.8, 4) is 0 Å². The highest BCUT2D eigenvalue weighted by Crippen LogP contribution is 2.07. The number of ether oxygens (including phenoxy) is 1. The maximum Gasteiger partial charge on any atom is 0.0716 e. The fraction of sp³-hybridized carbons (Fsp3) is 0.571. The molecule has 1 aromatic carbocycles. The molecule has 2 nitrogen and oxygen atoms in total. The van der Waals surface area contributed by atoms with Crippen molar-refractivity contribution >= 4 is 0 Å². The summed E-state index contributed by atoms with van der Waals surface area (Å²) in [4.78, 5) is 0. The van der Waals surface area contributed by atoms with E-state index in [0.717, 1.165) is 13.2 Å². The maximum atomic E-state index is 5.36. The molecule has 0 bridgehead atoms. The van der Waals surface area contributed by atoms with Gasteiger partial charge in [0, 0.05) is 18.7 Å². The smallest absolute Gasteiger partial charge is 0.0716 e. The summed E-state index contributed by atoms with van der Waals surface area (Å²) in [5, 5.41) is 3.47. The number of nitrogens with one attached hydrogen (secondary N) is 1. The van der Waals surface area contributed by atoms with Gasteiger partial charge in [0.1, 0.15) is 0 Å². The highest BCUT2D eigenvalue weighted by Gasteiger charge is 2.07. The van der Waals surface area contributed by atoms with E-state index >= 15 is 0 Å². The summed E-state index contributed by atoms with van der Waals surface area (Å²) in [6.07, 6.45) is 0. The van der Waals surface area contributed by atoms with Gasteiger partial charge in [0.05, 0.1) is 6.61 Å². The molecule has 0 aliphatic rings. The van der Waals surface area contributed by atoms with E-state index in [4.69, 9.17) is 4.74 Å². The molecule has 2 heteroatoms. The van der Waals surface area contributed by atoms with Crippen molar-refractivity contribution in [2.75, 3.05) is 6.61 Å². The molecule has 0 aromatic heterocycles. The van der Waals surface area contributed by atoms with E-state index in [1.807, 2.05) is 6.92 Å². The Morgan fingerprint density at radius 1 is 1.06 bits per heavy atom. The van der Waals surface area contributed by atoms with Gasteiger partial charge in [-0.25, -0.2) is 0 Å². The molecule has 0 aliphatic heterocycles. The van der Waals surface area contributed by atoms with Crippen LogP contribution in [-0.2, 0) is 17.9 Å². The Balaban J connectivity index is 2.45. The van der Waals surface area contributed by atoms with Crippen molar-refractivity contribution in [2.45, 2.75) is 46.4 Å². The average molecular weight is 221 g/mol. The Morgan fingerprint density at radius 3 is 2.12 bits per heavy atom. The third-order valence-electron chi connectivity index (χ3n) is 2.32. The summed E-state index contributed by atoms with van der Waals surface area (Å²) in [6.45, 7) is 10.9.